The second kappa shape index (κ2) is 11.4. The third kappa shape index (κ3) is 6.35. The number of aliphatic carboxylic acids is 1. The van der Waals surface area contributed by atoms with Gasteiger partial charge in [0.15, 0.2) is 0 Å². The molecule has 0 aromatic heterocycles. The van der Waals surface area contributed by atoms with Gasteiger partial charge in [0.25, 0.3) is 5.91 Å². The summed E-state index contributed by atoms with van der Waals surface area (Å²) in [4.78, 5) is 26.6. The fourth-order valence-electron chi connectivity index (χ4n) is 3.95. The number of hydrogen-bond acceptors (Lipinski definition) is 5. The molecular formula is C27H23Cl2N3O4. The predicted octanol–water partition coefficient (Wildman–Crippen LogP) is 4.55. The summed E-state index contributed by atoms with van der Waals surface area (Å²) in [5, 5.41) is 21.3. The zero-order valence-electron chi connectivity index (χ0n) is 19.2. The topological polar surface area (TPSA) is 103 Å². The van der Waals surface area contributed by atoms with Gasteiger partial charge in [0, 0.05) is 26.1 Å². The molecule has 9 heteroatoms. The van der Waals surface area contributed by atoms with Crippen LogP contribution in [0.5, 0.6) is 5.75 Å². The number of halogens is 2. The Hall–Kier alpha value is -3.57. The van der Waals surface area contributed by atoms with Gasteiger partial charge in [-0.1, -0.05) is 53.5 Å². The van der Waals surface area contributed by atoms with Crippen LogP contribution in [0.3, 0.4) is 0 Å². The SMILES string of the molecule is N#Cc1ccc(CN2CC(Oc3ccc(C[C@H](NC(=O)c4c(Cl)cccc4Cl)C(=O)O)cc3)C2)cc1. The molecule has 1 amide bonds. The van der Waals surface area contributed by atoms with Crippen LogP contribution in [0.2, 0.25) is 10.0 Å². The zero-order chi connectivity index (χ0) is 25.7. The highest BCUT2D eigenvalue weighted by Crippen LogP contribution is 2.25. The molecule has 1 atom stereocenters. The normalized spacial score (nSPS) is 14.4. The monoisotopic (exact) mass is 523 g/mol. The Labute approximate surface area is 218 Å². The Morgan fingerprint density at radius 3 is 2.22 bits per heavy atom. The molecular weight excluding hydrogens is 501 g/mol. The van der Waals surface area contributed by atoms with E-state index in [4.69, 9.17) is 33.2 Å². The van der Waals surface area contributed by atoms with Gasteiger partial charge in [-0.3, -0.25) is 9.69 Å². The van der Waals surface area contributed by atoms with Gasteiger partial charge in [-0.05, 0) is 47.5 Å². The molecule has 0 aliphatic carbocycles. The van der Waals surface area contributed by atoms with E-state index < -0.39 is 17.9 Å². The molecule has 1 saturated heterocycles. The maximum Gasteiger partial charge on any atom is 0.326 e. The van der Waals surface area contributed by atoms with Crippen LogP contribution in [0, 0.1) is 11.3 Å². The number of rotatable bonds is 9. The summed E-state index contributed by atoms with van der Waals surface area (Å²) in [5.41, 5.74) is 2.57. The molecule has 0 bridgehead atoms. The molecule has 184 valence electrons. The number of nitrogens with one attached hydrogen (secondary N) is 1. The number of benzene rings is 3. The summed E-state index contributed by atoms with van der Waals surface area (Å²) in [5.74, 6) is -1.11. The van der Waals surface area contributed by atoms with Crippen LogP contribution in [0.1, 0.15) is 27.0 Å². The summed E-state index contributed by atoms with van der Waals surface area (Å²) in [6, 6.07) is 20.3. The molecule has 36 heavy (non-hydrogen) atoms. The van der Waals surface area contributed by atoms with Gasteiger partial charge >= 0.3 is 5.97 Å². The van der Waals surface area contributed by atoms with Gasteiger partial charge in [0.1, 0.15) is 17.9 Å². The summed E-state index contributed by atoms with van der Waals surface area (Å²) < 4.78 is 6.01. The minimum atomic E-state index is -1.16. The lowest BCUT2D eigenvalue weighted by molar-refractivity contribution is -0.139. The van der Waals surface area contributed by atoms with Crippen LogP contribution in [-0.2, 0) is 17.8 Å². The average molecular weight is 524 g/mol. The molecule has 0 saturated carbocycles. The van der Waals surface area contributed by atoms with Crippen molar-refractivity contribution in [1.29, 1.82) is 5.26 Å². The number of hydrogen-bond donors (Lipinski definition) is 2. The first-order valence-electron chi connectivity index (χ1n) is 11.3. The van der Waals surface area contributed by atoms with E-state index in [1.165, 1.54) is 12.1 Å². The highest BCUT2D eigenvalue weighted by Gasteiger charge is 2.28. The first kappa shape index (κ1) is 25.5. The third-order valence-electron chi connectivity index (χ3n) is 5.87. The Morgan fingerprint density at radius 1 is 1.03 bits per heavy atom. The van der Waals surface area contributed by atoms with Crippen LogP contribution < -0.4 is 10.1 Å². The molecule has 1 heterocycles. The first-order valence-corrected chi connectivity index (χ1v) is 12.0. The largest absolute Gasteiger partial charge is 0.488 e. The molecule has 3 aromatic carbocycles. The van der Waals surface area contributed by atoms with Crippen molar-refractivity contribution in [3.63, 3.8) is 0 Å². The quantitative estimate of drug-likeness (QED) is 0.426. The molecule has 7 nitrogen and oxygen atoms in total. The molecule has 1 aliphatic rings. The molecule has 1 aliphatic heterocycles. The third-order valence-corrected chi connectivity index (χ3v) is 6.50. The number of carboxylic acids is 1. The van der Waals surface area contributed by atoms with Gasteiger partial charge in [-0.15, -0.1) is 0 Å². The average Bonchev–Trinajstić information content (AvgIpc) is 2.83. The van der Waals surface area contributed by atoms with E-state index in [-0.39, 0.29) is 28.1 Å². The highest BCUT2D eigenvalue weighted by molar-refractivity contribution is 6.39. The number of amides is 1. The van der Waals surface area contributed by atoms with Crippen LogP contribution in [0.25, 0.3) is 0 Å². The fourth-order valence-corrected chi connectivity index (χ4v) is 4.52. The number of nitriles is 1. The minimum Gasteiger partial charge on any atom is -0.488 e. The second-order valence-electron chi connectivity index (χ2n) is 8.55. The number of carboxylic acid groups (broad SMARTS) is 1. The van der Waals surface area contributed by atoms with Crippen LogP contribution in [-0.4, -0.2) is 47.1 Å². The summed E-state index contributed by atoms with van der Waals surface area (Å²) >= 11 is 12.1. The second-order valence-corrected chi connectivity index (χ2v) is 9.37. The molecule has 1 fully saturated rings. The first-order chi connectivity index (χ1) is 17.3. The Bertz CT molecular complexity index is 1260. The summed E-state index contributed by atoms with van der Waals surface area (Å²) in [6.45, 7) is 2.38. The predicted molar refractivity (Wildman–Crippen MR) is 136 cm³/mol. The number of ether oxygens (including phenoxy) is 1. The van der Waals surface area contributed by atoms with Crippen LogP contribution in [0.15, 0.2) is 66.7 Å². The van der Waals surface area contributed by atoms with E-state index >= 15 is 0 Å². The molecule has 2 N–H and O–H groups in total. The van der Waals surface area contributed by atoms with Gasteiger partial charge in [0.05, 0.1) is 27.2 Å². The molecule has 4 rings (SSSR count). The van der Waals surface area contributed by atoms with E-state index in [1.807, 2.05) is 24.3 Å². The van der Waals surface area contributed by atoms with Crippen LogP contribution in [0.4, 0.5) is 0 Å². The van der Waals surface area contributed by atoms with Gasteiger partial charge < -0.3 is 15.2 Å². The molecule has 3 aromatic rings. The number of nitrogens with zero attached hydrogens (tertiary/aromatic N) is 2. The Balaban J connectivity index is 1.28. The van der Waals surface area contributed by atoms with Gasteiger partial charge in [0.2, 0.25) is 0 Å². The number of carbonyl (C=O) groups excluding carboxylic acids is 1. The molecule has 0 spiro atoms. The lowest BCUT2D eigenvalue weighted by atomic mass is 10.0. The highest BCUT2D eigenvalue weighted by atomic mass is 35.5. The van der Waals surface area contributed by atoms with E-state index in [0.29, 0.717) is 11.3 Å². The smallest absolute Gasteiger partial charge is 0.326 e. The van der Waals surface area contributed by atoms with E-state index in [0.717, 1.165) is 30.8 Å². The number of carbonyl (C=O) groups is 2. The number of likely N-dealkylation sites (tertiary alicyclic amines) is 1. The fraction of sp³-hybridized carbons (Fsp3) is 0.222. The van der Waals surface area contributed by atoms with Gasteiger partial charge in [-0.2, -0.15) is 5.26 Å². The van der Waals surface area contributed by atoms with E-state index in [1.54, 1.807) is 30.3 Å². The lowest BCUT2D eigenvalue weighted by Crippen LogP contribution is -2.53. The van der Waals surface area contributed by atoms with Crippen molar-refractivity contribution in [2.75, 3.05) is 13.1 Å². The van der Waals surface area contributed by atoms with Crippen molar-refractivity contribution in [1.82, 2.24) is 10.2 Å². The Morgan fingerprint density at radius 2 is 1.64 bits per heavy atom. The van der Waals surface area contributed by atoms with Crippen molar-refractivity contribution < 1.29 is 19.4 Å². The summed E-state index contributed by atoms with van der Waals surface area (Å²) in [6.07, 6.45) is 0.159. The molecule has 0 unspecified atom stereocenters. The lowest BCUT2D eigenvalue weighted by Gasteiger charge is -2.39. The van der Waals surface area contributed by atoms with Gasteiger partial charge in [-0.25, -0.2) is 4.79 Å². The maximum absolute atomic E-state index is 12.6. The van der Waals surface area contributed by atoms with Crippen molar-refractivity contribution in [2.24, 2.45) is 0 Å². The molecule has 0 radical (unpaired) electrons. The maximum atomic E-state index is 12.6. The van der Waals surface area contributed by atoms with Crippen molar-refractivity contribution in [2.45, 2.75) is 25.1 Å². The Kier molecular flexibility index (Phi) is 8.11. The van der Waals surface area contributed by atoms with Crippen molar-refractivity contribution in [3.05, 3.63) is 99.0 Å². The van der Waals surface area contributed by atoms with Crippen LogP contribution >= 0.6 is 23.2 Å². The van der Waals surface area contributed by atoms with E-state index in [2.05, 4.69) is 16.3 Å². The minimum absolute atomic E-state index is 0.0459. The van der Waals surface area contributed by atoms with Crippen molar-refractivity contribution >= 4 is 35.1 Å². The van der Waals surface area contributed by atoms with E-state index in [9.17, 15) is 14.7 Å². The summed E-state index contributed by atoms with van der Waals surface area (Å²) in [7, 11) is 0. The zero-order valence-corrected chi connectivity index (χ0v) is 20.7. The standard InChI is InChI=1S/C27H23Cl2N3O4/c28-22-2-1-3-23(29)25(22)26(33)31-24(27(34)35)12-17-8-10-20(11-9-17)36-21-15-32(16-21)14-19-6-4-18(13-30)5-7-19/h1-11,21,24H,12,14-16H2,(H,31,33)(H,34,35)/t24-/m0/s1. The van der Waals surface area contributed by atoms with Crippen molar-refractivity contribution in [3.8, 4) is 11.8 Å².